The molecule has 80 valence electrons. The van der Waals surface area contributed by atoms with E-state index in [1.165, 1.54) is 0 Å². The Kier molecular flexibility index (Phi) is 2.68. The minimum atomic E-state index is -0.332. The summed E-state index contributed by atoms with van der Waals surface area (Å²) in [6.07, 6.45) is 3.40. The Morgan fingerprint density at radius 3 is 2.38 bits per heavy atom. The van der Waals surface area contributed by atoms with E-state index >= 15 is 0 Å². The van der Waals surface area contributed by atoms with E-state index in [4.69, 9.17) is 0 Å². The molecule has 1 aliphatic rings. The molecule has 1 aromatic carbocycles. The van der Waals surface area contributed by atoms with Gasteiger partial charge in [-0.05, 0) is 12.5 Å². The molecular weight excluding hydrogens is 202 g/mol. The highest BCUT2D eigenvalue weighted by atomic mass is 16.2. The number of carbonyl (C=O) groups excluding carboxylic acids is 2. The molecule has 0 unspecified atom stereocenters. The van der Waals surface area contributed by atoms with Gasteiger partial charge in [0.1, 0.15) is 0 Å². The zero-order valence-corrected chi connectivity index (χ0v) is 8.86. The highest BCUT2D eigenvalue weighted by Crippen LogP contribution is 2.24. The molecule has 0 aliphatic carbocycles. The highest BCUT2D eigenvalue weighted by molar-refractivity contribution is 6.36. The fraction of sp³-hybridized carbons (Fsp3) is 0.0769. The third-order valence-electron chi connectivity index (χ3n) is 2.36. The zero-order chi connectivity index (χ0) is 11.5. The largest absolute Gasteiger partial charge is 0.288 e. The van der Waals surface area contributed by atoms with E-state index in [9.17, 15) is 9.59 Å². The topological polar surface area (TPSA) is 46.2 Å². The molecule has 0 spiro atoms. The molecule has 3 nitrogen and oxygen atoms in total. The Morgan fingerprint density at radius 1 is 1.06 bits per heavy atom. The zero-order valence-electron chi connectivity index (χ0n) is 8.86. The van der Waals surface area contributed by atoms with E-state index in [2.05, 4.69) is 5.32 Å². The van der Waals surface area contributed by atoms with Crippen LogP contribution in [-0.2, 0) is 9.59 Å². The number of imide groups is 1. The molecular formula is C13H11NO2. The Hall–Kier alpha value is -2.16. The monoisotopic (exact) mass is 213 g/mol. The first-order valence-corrected chi connectivity index (χ1v) is 5.02. The molecule has 0 saturated carbocycles. The lowest BCUT2D eigenvalue weighted by atomic mass is 10.0. The summed E-state index contributed by atoms with van der Waals surface area (Å²) < 4.78 is 0. The van der Waals surface area contributed by atoms with Crippen molar-refractivity contribution in [1.82, 2.24) is 5.32 Å². The fourth-order valence-corrected chi connectivity index (χ4v) is 1.69. The van der Waals surface area contributed by atoms with Crippen molar-refractivity contribution in [3.63, 3.8) is 0 Å². The summed E-state index contributed by atoms with van der Waals surface area (Å²) in [5.41, 5.74) is 1.64. The number of nitrogens with one attached hydrogen (secondary N) is 1. The highest BCUT2D eigenvalue weighted by Gasteiger charge is 2.28. The van der Waals surface area contributed by atoms with Crippen molar-refractivity contribution in [3.05, 3.63) is 53.6 Å². The second-order valence-electron chi connectivity index (χ2n) is 3.44. The van der Waals surface area contributed by atoms with Gasteiger partial charge in [0.2, 0.25) is 0 Å². The van der Waals surface area contributed by atoms with Crippen molar-refractivity contribution in [2.45, 2.75) is 6.92 Å². The van der Waals surface area contributed by atoms with Gasteiger partial charge in [-0.25, -0.2) is 0 Å². The molecule has 2 rings (SSSR count). The van der Waals surface area contributed by atoms with Gasteiger partial charge in [0.05, 0.1) is 11.1 Å². The van der Waals surface area contributed by atoms with Crippen LogP contribution in [0, 0.1) is 0 Å². The third kappa shape index (κ3) is 1.67. The van der Waals surface area contributed by atoms with Gasteiger partial charge in [-0.3, -0.25) is 14.9 Å². The molecule has 2 amide bonds. The van der Waals surface area contributed by atoms with E-state index in [1.807, 2.05) is 37.3 Å². The van der Waals surface area contributed by atoms with Crippen LogP contribution in [0.15, 0.2) is 48.1 Å². The van der Waals surface area contributed by atoms with E-state index < -0.39 is 0 Å². The van der Waals surface area contributed by atoms with Crippen LogP contribution in [0.1, 0.15) is 12.5 Å². The first kappa shape index (κ1) is 10.4. The number of hydrogen-bond acceptors (Lipinski definition) is 2. The molecule has 0 saturated heterocycles. The maximum absolute atomic E-state index is 11.6. The van der Waals surface area contributed by atoms with Crippen molar-refractivity contribution in [2.24, 2.45) is 0 Å². The maximum atomic E-state index is 11.6. The lowest BCUT2D eigenvalue weighted by Gasteiger charge is -1.99. The van der Waals surface area contributed by atoms with Crippen LogP contribution in [0.4, 0.5) is 0 Å². The predicted octanol–water partition coefficient (Wildman–Crippen LogP) is 1.67. The number of benzene rings is 1. The molecule has 1 heterocycles. The summed E-state index contributed by atoms with van der Waals surface area (Å²) in [5, 5.41) is 2.30. The van der Waals surface area contributed by atoms with Gasteiger partial charge in [-0.1, -0.05) is 42.5 Å². The Morgan fingerprint density at radius 2 is 1.75 bits per heavy atom. The van der Waals surface area contributed by atoms with Crippen LogP contribution in [-0.4, -0.2) is 11.8 Å². The molecule has 0 radical (unpaired) electrons. The number of allylic oxidation sites excluding steroid dienone is 1. The Labute approximate surface area is 93.5 Å². The van der Waals surface area contributed by atoms with E-state index in [1.54, 1.807) is 12.2 Å². The fourth-order valence-electron chi connectivity index (χ4n) is 1.69. The van der Waals surface area contributed by atoms with Crippen molar-refractivity contribution in [1.29, 1.82) is 0 Å². The van der Waals surface area contributed by atoms with Crippen LogP contribution in [0.3, 0.4) is 0 Å². The summed E-state index contributed by atoms with van der Waals surface area (Å²) in [7, 11) is 0. The second kappa shape index (κ2) is 4.14. The van der Waals surface area contributed by atoms with Gasteiger partial charge in [-0.15, -0.1) is 0 Å². The first-order chi connectivity index (χ1) is 7.74. The van der Waals surface area contributed by atoms with Gasteiger partial charge in [0.25, 0.3) is 11.8 Å². The summed E-state index contributed by atoms with van der Waals surface area (Å²) in [4.78, 5) is 23.2. The molecule has 1 aliphatic heterocycles. The van der Waals surface area contributed by atoms with Gasteiger partial charge in [0, 0.05) is 0 Å². The van der Waals surface area contributed by atoms with Crippen molar-refractivity contribution in [2.75, 3.05) is 0 Å². The van der Waals surface area contributed by atoms with E-state index in [0.29, 0.717) is 11.1 Å². The molecule has 3 heteroatoms. The molecule has 0 atom stereocenters. The smallest absolute Gasteiger partial charge is 0.259 e. The molecule has 1 aromatic rings. The van der Waals surface area contributed by atoms with E-state index in [0.717, 1.165) is 5.56 Å². The van der Waals surface area contributed by atoms with Crippen LogP contribution >= 0.6 is 0 Å². The molecule has 0 bridgehead atoms. The average molecular weight is 213 g/mol. The Balaban J connectivity index is 2.59. The summed E-state index contributed by atoms with van der Waals surface area (Å²) in [5.74, 6) is -0.661. The number of carbonyl (C=O) groups is 2. The van der Waals surface area contributed by atoms with Gasteiger partial charge in [-0.2, -0.15) is 0 Å². The number of amides is 2. The van der Waals surface area contributed by atoms with Crippen molar-refractivity contribution < 1.29 is 9.59 Å². The lowest BCUT2D eigenvalue weighted by molar-refractivity contribution is -0.123. The minimum absolute atomic E-state index is 0.329. The normalized spacial score (nSPS) is 16.1. The van der Waals surface area contributed by atoms with Gasteiger partial charge >= 0.3 is 0 Å². The predicted molar refractivity (Wildman–Crippen MR) is 61.3 cm³/mol. The van der Waals surface area contributed by atoms with Gasteiger partial charge < -0.3 is 0 Å². The molecule has 1 N–H and O–H groups in total. The third-order valence-corrected chi connectivity index (χ3v) is 2.36. The number of rotatable bonds is 2. The van der Waals surface area contributed by atoms with Crippen LogP contribution < -0.4 is 5.32 Å². The second-order valence-corrected chi connectivity index (χ2v) is 3.44. The van der Waals surface area contributed by atoms with Crippen molar-refractivity contribution in [3.8, 4) is 0 Å². The minimum Gasteiger partial charge on any atom is -0.288 e. The van der Waals surface area contributed by atoms with Crippen molar-refractivity contribution >= 4 is 17.4 Å². The standard InChI is InChI=1S/C13H11NO2/c1-2-6-10-11(13(16)14-12(10)15)9-7-4-3-5-8-9/h2-8H,1H3,(H,14,15,16). The summed E-state index contributed by atoms with van der Waals surface area (Å²) >= 11 is 0. The van der Waals surface area contributed by atoms with Crippen LogP contribution in [0.2, 0.25) is 0 Å². The van der Waals surface area contributed by atoms with Gasteiger partial charge in [0.15, 0.2) is 0 Å². The maximum Gasteiger partial charge on any atom is 0.259 e. The van der Waals surface area contributed by atoms with E-state index in [-0.39, 0.29) is 11.8 Å². The molecule has 0 aromatic heterocycles. The summed E-state index contributed by atoms with van der Waals surface area (Å²) in [6, 6.07) is 9.18. The van der Waals surface area contributed by atoms with Crippen LogP contribution in [0.5, 0.6) is 0 Å². The first-order valence-electron chi connectivity index (χ1n) is 5.02. The SMILES string of the molecule is CC=CC1=C(c2ccccc2)C(=O)NC1=O. The lowest BCUT2D eigenvalue weighted by Crippen LogP contribution is -2.22. The number of hydrogen-bond donors (Lipinski definition) is 1. The quantitative estimate of drug-likeness (QED) is 0.759. The molecule has 16 heavy (non-hydrogen) atoms. The summed E-state index contributed by atoms with van der Waals surface area (Å²) in [6.45, 7) is 1.81. The Bertz CT molecular complexity index is 498. The molecule has 0 fully saturated rings. The average Bonchev–Trinajstić information content (AvgIpc) is 2.56. The van der Waals surface area contributed by atoms with Crippen LogP contribution in [0.25, 0.3) is 5.57 Å².